The summed E-state index contributed by atoms with van der Waals surface area (Å²) in [5.41, 5.74) is 0. The van der Waals surface area contributed by atoms with Gasteiger partial charge in [0.25, 0.3) is 0 Å². The summed E-state index contributed by atoms with van der Waals surface area (Å²) in [7, 11) is 0. The second kappa shape index (κ2) is 2.82. The zero-order valence-electron chi connectivity index (χ0n) is 8.04. The molecule has 72 valence electrons. The molecule has 1 saturated heterocycles. The Kier molecular flexibility index (Phi) is 1.90. The van der Waals surface area contributed by atoms with Crippen LogP contribution in [0, 0.1) is 23.7 Å². The molecule has 2 fully saturated rings. The van der Waals surface area contributed by atoms with Gasteiger partial charge >= 0.3 is 0 Å². The van der Waals surface area contributed by atoms with Crippen LogP contribution in [0.1, 0.15) is 26.7 Å². The van der Waals surface area contributed by atoms with Crippen molar-refractivity contribution in [2.75, 3.05) is 0 Å². The van der Waals surface area contributed by atoms with Crippen molar-refractivity contribution in [2.45, 2.75) is 26.7 Å². The SMILES string of the molecule is CC1CCC2C(C)C(=O)NC(=O)C12. The second-order valence-corrected chi connectivity index (χ2v) is 4.39. The molecule has 0 aromatic heterocycles. The third-order valence-electron chi connectivity index (χ3n) is 3.63. The Labute approximate surface area is 77.9 Å². The maximum absolute atomic E-state index is 11.5. The second-order valence-electron chi connectivity index (χ2n) is 4.39. The highest BCUT2D eigenvalue weighted by atomic mass is 16.2. The van der Waals surface area contributed by atoms with E-state index < -0.39 is 0 Å². The molecule has 3 nitrogen and oxygen atoms in total. The molecule has 0 spiro atoms. The Morgan fingerprint density at radius 3 is 2.54 bits per heavy atom. The van der Waals surface area contributed by atoms with Crippen LogP contribution in [0.5, 0.6) is 0 Å². The lowest BCUT2D eigenvalue weighted by Crippen LogP contribution is -2.50. The monoisotopic (exact) mass is 181 g/mol. The molecule has 13 heavy (non-hydrogen) atoms. The van der Waals surface area contributed by atoms with Crippen LogP contribution in [0.3, 0.4) is 0 Å². The van der Waals surface area contributed by atoms with Crippen LogP contribution in [0.25, 0.3) is 0 Å². The number of nitrogens with one attached hydrogen (secondary N) is 1. The molecule has 1 N–H and O–H groups in total. The van der Waals surface area contributed by atoms with Gasteiger partial charge in [-0.1, -0.05) is 13.8 Å². The molecule has 0 bridgehead atoms. The lowest BCUT2D eigenvalue weighted by atomic mass is 9.78. The van der Waals surface area contributed by atoms with Crippen molar-refractivity contribution in [1.29, 1.82) is 0 Å². The average molecular weight is 181 g/mol. The van der Waals surface area contributed by atoms with Crippen LogP contribution >= 0.6 is 0 Å². The lowest BCUT2D eigenvalue weighted by molar-refractivity contribution is -0.142. The molecule has 2 amide bonds. The van der Waals surface area contributed by atoms with Crippen LogP contribution < -0.4 is 5.32 Å². The number of carbonyl (C=O) groups excluding carboxylic acids is 2. The molecule has 1 heterocycles. The third-order valence-corrected chi connectivity index (χ3v) is 3.63. The fraction of sp³-hybridized carbons (Fsp3) is 0.800. The molecular weight excluding hydrogens is 166 g/mol. The maximum Gasteiger partial charge on any atom is 0.230 e. The molecule has 2 aliphatic rings. The van der Waals surface area contributed by atoms with Crippen molar-refractivity contribution in [3.05, 3.63) is 0 Å². The van der Waals surface area contributed by atoms with E-state index in [1.807, 2.05) is 6.92 Å². The van der Waals surface area contributed by atoms with E-state index in [1.165, 1.54) is 0 Å². The van der Waals surface area contributed by atoms with Crippen molar-refractivity contribution in [3.8, 4) is 0 Å². The van der Waals surface area contributed by atoms with E-state index in [9.17, 15) is 9.59 Å². The van der Waals surface area contributed by atoms with Gasteiger partial charge in [-0.3, -0.25) is 14.9 Å². The van der Waals surface area contributed by atoms with E-state index in [0.29, 0.717) is 11.8 Å². The number of amides is 2. The van der Waals surface area contributed by atoms with Crippen molar-refractivity contribution in [3.63, 3.8) is 0 Å². The summed E-state index contributed by atoms with van der Waals surface area (Å²) in [4.78, 5) is 22.8. The number of carbonyl (C=O) groups is 2. The van der Waals surface area contributed by atoms with Gasteiger partial charge in [0.2, 0.25) is 11.8 Å². The molecule has 1 aliphatic heterocycles. The summed E-state index contributed by atoms with van der Waals surface area (Å²) in [6.45, 7) is 4.03. The van der Waals surface area contributed by atoms with E-state index in [1.54, 1.807) is 0 Å². The first-order valence-electron chi connectivity index (χ1n) is 4.96. The standard InChI is InChI=1S/C10H15NO2/c1-5-3-4-7-6(2)9(12)11-10(13)8(5)7/h5-8H,3-4H2,1-2H3,(H,11,12,13). The van der Waals surface area contributed by atoms with E-state index in [-0.39, 0.29) is 23.7 Å². The molecule has 3 heteroatoms. The van der Waals surface area contributed by atoms with Crippen molar-refractivity contribution < 1.29 is 9.59 Å². The van der Waals surface area contributed by atoms with Crippen molar-refractivity contribution in [2.24, 2.45) is 23.7 Å². The fourth-order valence-electron chi connectivity index (χ4n) is 2.76. The van der Waals surface area contributed by atoms with Crippen LogP contribution in [0.4, 0.5) is 0 Å². The largest absolute Gasteiger partial charge is 0.296 e. The summed E-state index contributed by atoms with van der Waals surface area (Å²) in [5.74, 6) is 0.732. The molecule has 4 unspecified atom stereocenters. The molecule has 1 aliphatic carbocycles. The van der Waals surface area contributed by atoms with Crippen LogP contribution in [0.15, 0.2) is 0 Å². The van der Waals surface area contributed by atoms with Gasteiger partial charge in [0, 0.05) is 11.8 Å². The summed E-state index contributed by atoms with van der Waals surface area (Å²) in [6.07, 6.45) is 2.12. The van der Waals surface area contributed by atoms with Gasteiger partial charge in [-0.2, -0.15) is 0 Å². The van der Waals surface area contributed by atoms with E-state index in [4.69, 9.17) is 0 Å². The summed E-state index contributed by atoms with van der Waals surface area (Å²) >= 11 is 0. The first kappa shape index (κ1) is 8.73. The normalized spacial score (nSPS) is 44.5. The number of rotatable bonds is 0. The van der Waals surface area contributed by atoms with Gasteiger partial charge in [0.15, 0.2) is 0 Å². The Balaban J connectivity index is 2.26. The summed E-state index contributed by atoms with van der Waals surface area (Å²) in [5, 5.41) is 2.45. The molecule has 0 radical (unpaired) electrons. The fourth-order valence-corrected chi connectivity index (χ4v) is 2.76. The van der Waals surface area contributed by atoms with Gasteiger partial charge in [-0.15, -0.1) is 0 Å². The lowest BCUT2D eigenvalue weighted by Gasteiger charge is -2.31. The Bertz CT molecular complexity index is 262. The molecule has 4 atom stereocenters. The Hall–Kier alpha value is -0.860. The minimum absolute atomic E-state index is 0.0210. The summed E-state index contributed by atoms with van der Waals surface area (Å²) < 4.78 is 0. The molecular formula is C10H15NO2. The molecule has 1 saturated carbocycles. The number of piperidine rings is 1. The number of imide groups is 1. The number of hydrogen-bond donors (Lipinski definition) is 1. The van der Waals surface area contributed by atoms with Gasteiger partial charge in [-0.05, 0) is 24.7 Å². The van der Waals surface area contributed by atoms with Gasteiger partial charge < -0.3 is 0 Å². The predicted octanol–water partition coefficient (Wildman–Crippen LogP) is 0.941. The zero-order valence-corrected chi connectivity index (χ0v) is 8.04. The number of hydrogen-bond acceptors (Lipinski definition) is 2. The van der Waals surface area contributed by atoms with E-state index >= 15 is 0 Å². The van der Waals surface area contributed by atoms with E-state index in [2.05, 4.69) is 12.2 Å². The quantitative estimate of drug-likeness (QED) is 0.565. The van der Waals surface area contributed by atoms with Crippen molar-refractivity contribution >= 4 is 11.8 Å². The summed E-state index contributed by atoms with van der Waals surface area (Å²) in [6, 6.07) is 0. The highest BCUT2D eigenvalue weighted by Crippen LogP contribution is 2.43. The molecule has 0 aromatic rings. The maximum atomic E-state index is 11.5. The molecule has 2 rings (SSSR count). The zero-order chi connectivity index (χ0) is 9.59. The Morgan fingerprint density at radius 2 is 1.85 bits per heavy atom. The van der Waals surface area contributed by atoms with Crippen molar-refractivity contribution in [1.82, 2.24) is 5.32 Å². The predicted molar refractivity (Wildman–Crippen MR) is 47.7 cm³/mol. The number of fused-ring (bicyclic) bond motifs is 1. The van der Waals surface area contributed by atoms with Crippen LogP contribution in [-0.4, -0.2) is 11.8 Å². The highest BCUT2D eigenvalue weighted by Gasteiger charge is 2.47. The van der Waals surface area contributed by atoms with Gasteiger partial charge in [-0.25, -0.2) is 0 Å². The first-order valence-corrected chi connectivity index (χ1v) is 4.96. The topological polar surface area (TPSA) is 46.2 Å². The minimum Gasteiger partial charge on any atom is -0.296 e. The smallest absolute Gasteiger partial charge is 0.230 e. The average Bonchev–Trinajstić information content (AvgIpc) is 2.44. The van der Waals surface area contributed by atoms with Crippen LogP contribution in [-0.2, 0) is 9.59 Å². The first-order chi connectivity index (χ1) is 6.11. The molecule has 0 aromatic carbocycles. The van der Waals surface area contributed by atoms with Crippen LogP contribution in [0.2, 0.25) is 0 Å². The van der Waals surface area contributed by atoms with E-state index in [0.717, 1.165) is 12.8 Å². The minimum atomic E-state index is -0.0830. The van der Waals surface area contributed by atoms with Gasteiger partial charge in [0.1, 0.15) is 0 Å². The Morgan fingerprint density at radius 1 is 1.15 bits per heavy atom. The highest BCUT2D eigenvalue weighted by molar-refractivity contribution is 6.00. The van der Waals surface area contributed by atoms with Gasteiger partial charge in [0.05, 0.1) is 0 Å². The third kappa shape index (κ3) is 1.18.